The van der Waals surface area contributed by atoms with Crippen LogP contribution in [0, 0.1) is 0 Å². The molecule has 1 amide bonds. The lowest BCUT2D eigenvalue weighted by Crippen LogP contribution is -2.43. The number of hydrogen-bond acceptors (Lipinski definition) is 4. The molecule has 0 atom stereocenters. The van der Waals surface area contributed by atoms with Gasteiger partial charge in [-0.2, -0.15) is 0 Å². The number of amides is 1. The third kappa shape index (κ3) is 6.78. The molecule has 1 fully saturated rings. The van der Waals surface area contributed by atoms with E-state index in [0.717, 1.165) is 32.6 Å². The Labute approximate surface area is 116 Å². The van der Waals surface area contributed by atoms with Crippen molar-refractivity contribution in [3.05, 3.63) is 0 Å². The summed E-state index contributed by atoms with van der Waals surface area (Å²) in [5.41, 5.74) is -0.432. The molecule has 0 spiro atoms. The highest BCUT2D eigenvalue weighted by Gasteiger charge is 2.21. The Hall–Kier alpha value is -0.810. The summed E-state index contributed by atoms with van der Waals surface area (Å²) in [6.45, 7) is 11.5. The third-order valence-corrected chi connectivity index (χ3v) is 3.07. The molecule has 0 saturated carbocycles. The van der Waals surface area contributed by atoms with E-state index in [-0.39, 0.29) is 6.09 Å². The lowest BCUT2D eigenvalue weighted by Gasteiger charge is -2.28. The van der Waals surface area contributed by atoms with Crippen molar-refractivity contribution < 1.29 is 14.3 Å². The van der Waals surface area contributed by atoms with Crippen LogP contribution in [0.5, 0.6) is 0 Å². The number of rotatable bonds is 5. The zero-order chi connectivity index (χ0) is 14.3. The minimum atomic E-state index is -0.432. The fourth-order valence-corrected chi connectivity index (χ4v) is 2.01. The van der Waals surface area contributed by atoms with Gasteiger partial charge in [0.1, 0.15) is 5.60 Å². The van der Waals surface area contributed by atoms with Crippen molar-refractivity contribution >= 4 is 6.09 Å². The van der Waals surface area contributed by atoms with Crippen LogP contribution >= 0.6 is 0 Å². The number of likely N-dealkylation sites (N-methyl/N-ethyl adjacent to an activating group) is 1. The van der Waals surface area contributed by atoms with Crippen LogP contribution in [0.1, 0.15) is 40.5 Å². The zero-order valence-corrected chi connectivity index (χ0v) is 12.7. The van der Waals surface area contributed by atoms with E-state index >= 15 is 0 Å². The first-order chi connectivity index (χ1) is 8.92. The second-order valence-electron chi connectivity index (χ2n) is 5.90. The molecule has 1 saturated heterocycles. The number of nitrogens with one attached hydrogen (secondary N) is 1. The topological polar surface area (TPSA) is 50.8 Å². The van der Waals surface area contributed by atoms with E-state index in [1.165, 1.54) is 0 Å². The van der Waals surface area contributed by atoms with Gasteiger partial charge in [-0.1, -0.05) is 0 Å². The molecule has 1 aliphatic rings. The SMILES string of the molecule is CCN(CCNC1CCOCC1)C(=O)OC(C)(C)C. The number of ether oxygens (including phenoxy) is 2. The first-order valence-corrected chi connectivity index (χ1v) is 7.21. The fraction of sp³-hybridized carbons (Fsp3) is 0.929. The number of carbonyl (C=O) groups is 1. The average molecular weight is 272 g/mol. The van der Waals surface area contributed by atoms with Gasteiger partial charge >= 0.3 is 6.09 Å². The quantitative estimate of drug-likeness (QED) is 0.832. The van der Waals surface area contributed by atoms with Gasteiger partial charge in [0.2, 0.25) is 0 Å². The molecule has 0 radical (unpaired) electrons. The highest BCUT2D eigenvalue weighted by molar-refractivity contribution is 5.68. The van der Waals surface area contributed by atoms with Crippen LogP contribution in [-0.4, -0.2) is 55.5 Å². The highest BCUT2D eigenvalue weighted by Crippen LogP contribution is 2.10. The van der Waals surface area contributed by atoms with Crippen LogP contribution in [0.15, 0.2) is 0 Å². The molecule has 112 valence electrons. The molecule has 0 aromatic heterocycles. The molecule has 5 heteroatoms. The normalized spacial score (nSPS) is 17.3. The molecule has 0 aromatic carbocycles. The van der Waals surface area contributed by atoms with Crippen molar-refractivity contribution in [2.45, 2.75) is 52.2 Å². The van der Waals surface area contributed by atoms with E-state index in [2.05, 4.69) is 5.32 Å². The first kappa shape index (κ1) is 16.2. The van der Waals surface area contributed by atoms with E-state index in [0.29, 0.717) is 19.1 Å². The molecule has 0 unspecified atom stereocenters. The Morgan fingerprint density at radius 3 is 2.53 bits per heavy atom. The molecule has 0 aromatic rings. The van der Waals surface area contributed by atoms with Crippen LogP contribution in [0.3, 0.4) is 0 Å². The molecule has 0 aliphatic carbocycles. The molecule has 19 heavy (non-hydrogen) atoms. The lowest BCUT2D eigenvalue weighted by atomic mass is 10.1. The van der Waals surface area contributed by atoms with Gasteiger partial charge in [-0.15, -0.1) is 0 Å². The van der Waals surface area contributed by atoms with Crippen LogP contribution in [0.2, 0.25) is 0 Å². The second kappa shape index (κ2) is 7.70. The Morgan fingerprint density at radius 2 is 2.00 bits per heavy atom. The maximum Gasteiger partial charge on any atom is 0.410 e. The number of carbonyl (C=O) groups excluding carboxylic acids is 1. The van der Waals surface area contributed by atoms with Crippen molar-refractivity contribution in [3.63, 3.8) is 0 Å². The van der Waals surface area contributed by atoms with E-state index in [1.807, 2.05) is 27.7 Å². The van der Waals surface area contributed by atoms with Gasteiger partial charge in [0.05, 0.1) is 0 Å². The summed E-state index contributed by atoms with van der Waals surface area (Å²) in [5.74, 6) is 0. The summed E-state index contributed by atoms with van der Waals surface area (Å²) in [4.78, 5) is 13.7. The van der Waals surface area contributed by atoms with Crippen molar-refractivity contribution in [2.75, 3.05) is 32.8 Å². The van der Waals surface area contributed by atoms with Crippen LogP contribution in [0.4, 0.5) is 4.79 Å². The summed E-state index contributed by atoms with van der Waals surface area (Å²) < 4.78 is 10.7. The van der Waals surface area contributed by atoms with E-state index in [9.17, 15) is 4.79 Å². The van der Waals surface area contributed by atoms with Crippen LogP contribution in [0.25, 0.3) is 0 Å². The van der Waals surface area contributed by atoms with Gasteiger partial charge in [-0.25, -0.2) is 4.79 Å². The molecular weight excluding hydrogens is 244 g/mol. The maximum absolute atomic E-state index is 11.9. The minimum absolute atomic E-state index is 0.233. The summed E-state index contributed by atoms with van der Waals surface area (Å²) in [6, 6.07) is 0.520. The molecule has 5 nitrogen and oxygen atoms in total. The Kier molecular flexibility index (Phi) is 6.58. The third-order valence-electron chi connectivity index (χ3n) is 3.07. The van der Waals surface area contributed by atoms with Crippen molar-refractivity contribution in [2.24, 2.45) is 0 Å². The number of nitrogens with zero attached hydrogens (tertiary/aromatic N) is 1. The number of hydrogen-bond donors (Lipinski definition) is 1. The largest absolute Gasteiger partial charge is 0.444 e. The molecule has 0 bridgehead atoms. The highest BCUT2D eigenvalue weighted by atomic mass is 16.6. The maximum atomic E-state index is 11.9. The van der Waals surface area contributed by atoms with Crippen molar-refractivity contribution in [3.8, 4) is 0 Å². The predicted octanol–water partition coefficient (Wildman–Crippen LogP) is 2.01. The first-order valence-electron chi connectivity index (χ1n) is 7.21. The van der Waals surface area contributed by atoms with Gasteiger partial charge in [-0.05, 0) is 40.5 Å². The van der Waals surface area contributed by atoms with Crippen LogP contribution in [-0.2, 0) is 9.47 Å². The monoisotopic (exact) mass is 272 g/mol. The Morgan fingerprint density at radius 1 is 1.37 bits per heavy atom. The summed E-state index contributed by atoms with van der Waals surface area (Å²) >= 11 is 0. The van der Waals surface area contributed by atoms with Crippen molar-refractivity contribution in [1.29, 1.82) is 0 Å². The summed E-state index contributed by atoms with van der Waals surface area (Å²) in [6.07, 6.45) is 1.88. The molecule has 1 N–H and O–H groups in total. The standard InChI is InChI=1S/C14H28N2O3/c1-5-16(13(17)19-14(2,3)4)9-8-15-12-6-10-18-11-7-12/h12,15H,5-11H2,1-4H3. The lowest BCUT2D eigenvalue weighted by molar-refractivity contribution is 0.0255. The smallest absolute Gasteiger partial charge is 0.410 e. The van der Waals surface area contributed by atoms with Gasteiger partial charge < -0.3 is 19.7 Å². The van der Waals surface area contributed by atoms with E-state index < -0.39 is 5.60 Å². The second-order valence-corrected chi connectivity index (χ2v) is 5.90. The molecule has 1 heterocycles. The van der Waals surface area contributed by atoms with E-state index in [4.69, 9.17) is 9.47 Å². The average Bonchev–Trinajstić information content (AvgIpc) is 2.33. The predicted molar refractivity (Wildman–Crippen MR) is 75.3 cm³/mol. The zero-order valence-electron chi connectivity index (χ0n) is 12.7. The summed E-state index contributed by atoms with van der Waals surface area (Å²) in [7, 11) is 0. The van der Waals surface area contributed by atoms with Crippen LogP contribution < -0.4 is 5.32 Å². The molecule has 1 rings (SSSR count). The van der Waals surface area contributed by atoms with Gasteiger partial charge in [0.25, 0.3) is 0 Å². The van der Waals surface area contributed by atoms with Gasteiger partial charge in [0.15, 0.2) is 0 Å². The molecular formula is C14H28N2O3. The Balaban J connectivity index is 2.25. The summed E-state index contributed by atoms with van der Waals surface area (Å²) in [5, 5.41) is 3.47. The minimum Gasteiger partial charge on any atom is -0.444 e. The van der Waals surface area contributed by atoms with Crippen molar-refractivity contribution in [1.82, 2.24) is 10.2 Å². The Bertz CT molecular complexity index is 270. The van der Waals surface area contributed by atoms with Gasteiger partial charge in [-0.3, -0.25) is 0 Å². The van der Waals surface area contributed by atoms with Gasteiger partial charge in [0, 0.05) is 38.9 Å². The fourth-order valence-electron chi connectivity index (χ4n) is 2.01. The molecule has 1 aliphatic heterocycles. The van der Waals surface area contributed by atoms with E-state index in [1.54, 1.807) is 4.90 Å².